The first-order chi connectivity index (χ1) is 24.1. The number of nitrogens with zero attached hydrogens (tertiary/aromatic N) is 7. The zero-order valence-electron chi connectivity index (χ0n) is 28.0. The van der Waals surface area contributed by atoms with Crippen molar-refractivity contribution in [2.75, 3.05) is 37.7 Å². The summed E-state index contributed by atoms with van der Waals surface area (Å²) in [6.45, 7) is 6.00. The number of hydrogen-bond acceptors (Lipinski definition) is 9. The zero-order chi connectivity index (χ0) is 34.7. The van der Waals surface area contributed by atoms with Crippen LogP contribution < -0.4 is 9.64 Å². The Hall–Kier alpha value is -4.78. The third-order valence-corrected chi connectivity index (χ3v) is 10.7. The van der Waals surface area contributed by atoms with Crippen LogP contribution in [0.2, 0.25) is 0 Å². The van der Waals surface area contributed by atoms with Crippen molar-refractivity contribution < 1.29 is 27.8 Å². The second-order valence-corrected chi connectivity index (χ2v) is 13.9. The van der Waals surface area contributed by atoms with Crippen LogP contribution in [0.15, 0.2) is 42.7 Å². The molecule has 3 aliphatic rings. The number of fused-ring (bicyclic) bond motifs is 3. The zero-order valence-corrected chi connectivity index (χ0v) is 28.0. The third kappa shape index (κ3) is 5.61. The Labute approximate surface area is 286 Å². The van der Waals surface area contributed by atoms with Gasteiger partial charge in [-0.25, -0.2) is 17.9 Å². The van der Waals surface area contributed by atoms with Gasteiger partial charge in [0.15, 0.2) is 5.82 Å². The van der Waals surface area contributed by atoms with Gasteiger partial charge in [0.1, 0.15) is 41.4 Å². The number of carbonyl (C=O) groups is 1. The standard InChI is InChI=1S/C37H38F3N7O3/c1-3-26-29(39)6-5-23-14-25(48)15-27(31(23)26)33-32(40)34-28(17-41-33)35(45-11-8-22(18-45)13-30(49)47-12-7-21(2)44-47)43-36(42-34)50-20-37-9-4-10-46(37)19-24(38)16-37/h5-7,12,14-15,17,22,24,48H,3-4,8-11,13,16,18-20H2,1-2H3/t22?,24-,37+/m1/s1. The Balaban J connectivity index is 1.20. The fraction of sp³-hybridized carbons (Fsp3) is 0.432. The molecule has 3 saturated heterocycles. The van der Waals surface area contributed by atoms with Crippen molar-refractivity contribution in [2.45, 2.75) is 64.1 Å². The first-order valence-corrected chi connectivity index (χ1v) is 17.3. The van der Waals surface area contributed by atoms with Crippen LogP contribution in [-0.4, -0.2) is 85.1 Å². The smallest absolute Gasteiger partial charge is 0.319 e. The molecule has 260 valence electrons. The van der Waals surface area contributed by atoms with E-state index in [1.807, 2.05) is 18.7 Å². The lowest BCUT2D eigenvalue weighted by molar-refractivity contribution is 0.0867. The minimum atomic E-state index is -0.942. The van der Waals surface area contributed by atoms with Crippen molar-refractivity contribution in [2.24, 2.45) is 5.92 Å². The van der Waals surface area contributed by atoms with E-state index in [9.17, 15) is 14.3 Å². The quantitative estimate of drug-likeness (QED) is 0.198. The van der Waals surface area contributed by atoms with Crippen LogP contribution in [0.4, 0.5) is 19.0 Å². The Kier molecular flexibility index (Phi) is 8.12. The minimum absolute atomic E-state index is 0.00500. The van der Waals surface area contributed by atoms with Crippen LogP contribution in [0.3, 0.4) is 0 Å². The number of phenolic OH excluding ortho intramolecular Hbond substituents is 1. The number of rotatable bonds is 8. The summed E-state index contributed by atoms with van der Waals surface area (Å²) in [6.07, 6.45) is 5.63. The summed E-state index contributed by atoms with van der Waals surface area (Å²) < 4.78 is 54.1. The molecule has 10 nitrogen and oxygen atoms in total. The van der Waals surface area contributed by atoms with Gasteiger partial charge in [-0.2, -0.15) is 15.1 Å². The van der Waals surface area contributed by atoms with Crippen LogP contribution >= 0.6 is 0 Å². The predicted octanol–water partition coefficient (Wildman–Crippen LogP) is 6.41. The van der Waals surface area contributed by atoms with Crippen LogP contribution in [0.1, 0.15) is 55.1 Å². The van der Waals surface area contributed by atoms with Crippen molar-refractivity contribution in [3.05, 3.63) is 65.6 Å². The highest BCUT2D eigenvalue weighted by molar-refractivity contribution is 6.01. The van der Waals surface area contributed by atoms with Gasteiger partial charge in [-0.3, -0.25) is 14.7 Å². The molecule has 3 fully saturated rings. The van der Waals surface area contributed by atoms with E-state index in [0.717, 1.165) is 25.1 Å². The van der Waals surface area contributed by atoms with E-state index in [1.54, 1.807) is 18.3 Å². The number of carbonyl (C=O) groups excluding carboxylic acids is 1. The van der Waals surface area contributed by atoms with E-state index < -0.39 is 23.3 Å². The number of halogens is 3. The average Bonchev–Trinajstić information content (AvgIpc) is 3.88. The number of phenols is 1. The molecule has 8 rings (SSSR count). The van der Waals surface area contributed by atoms with Crippen LogP contribution in [0.5, 0.6) is 11.8 Å². The molecule has 3 atom stereocenters. The molecule has 13 heteroatoms. The molecule has 1 unspecified atom stereocenters. The Bertz CT molecular complexity index is 2140. The van der Waals surface area contributed by atoms with Crippen LogP contribution in [0.25, 0.3) is 32.9 Å². The molecular weight excluding hydrogens is 647 g/mol. The summed E-state index contributed by atoms with van der Waals surface area (Å²) in [5, 5.41) is 16.2. The number of pyridine rings is 1. The fourth-order valence-corrected chi connectivity index (χ4v) is 8.28. The highest BCUT2D eigenvalue weighted by Crippen LogP contribution is 2.42. The molecule has 0 aliphatic carbocycles. The monoisotopic (exact) mass is 685 g/mol. The van der Waals surface area contributed by atoms with E-state index >= 15 is 8.78 Å². The molecular formula is C37H38F3N7O3. The van der Waals surface area contributed by atoms with Crippen molar-refractivity contribution >= 4 is 33.4 Å². The third-order valence-electron chi connectivity index (χ3n) is 10.7. The molecule has 0 radical (unpaired) electrons. The maximum absolute atomic E-state index is 16.9. The van der Waals surface area contributed by atoms with Gasteiger partial charge in [0.25, 0.3) is 0 Å². The van der Waals surface area contributed by atoms with E-state index in [-0.39, 0.29) is 53.4 Å². The molecule has 3 aliphatic heterocycles. The van der Waals surface area contributed by atoms with Gasteiger partial charge in [0.05, 0.1) is 16.6 Å². The highest BCUT2D eigenvalue weighted by atomic mass is 19.1. The number of aromatic hydroxyl groups is 1. The lowest BCUT2D eigenvalue weighted by Gasteiger charge is -2.31. The van der Waals surface area contributed by atoms with Gasteiger partial charge in [-0.15, -0.1) is 0 Å². The summed E-state index contributed by atoms with van der Waals surface area (Å²) in [7, 11) is 0. The predicted molar refractivity (Wildman–Crippen MR) is 182 cm³/mol. The second-order valence-electron chi connectivity index (χ2n) is 13.9. The number of anilines is 1. The minimum Gasteiger partial charge on any atom is -0.508 e. The van der Waals surface area contributed by atoms with E-state index in [2.05, 4.69) is 20.0 Å². The second kappa shape index (κ2) is 12.5. The number of ether oxygens (including phenoxy) is 1. The molecule has 0 spiro atoms. The van der Waals surface area contributed by atoms with Gasteiger partial charge in [-0.1, -0.05) is 13.0 Å². The van der Waals surface area contributed by atoms with Crippen molar-refractivity contribution in [3.8, 4) is 23.0 Å². The molecule has 3 aromatic heterocycles. The van der Waals surface area contributed by atoms with Crippen LogP contribution in [-0.2, 0) is 6.42 Å². The number of benzene rings is 2. The van der Waals surface area contributed by atoms with Gasteiger partial charge in [0.2, 0.25) is 5.91 Å². The summed E-state index contributed by atoms with van der Waals surface area (Å²) in [4.78, 5) is 31.0. The SMILES string of the molecule is CCc1c(F)ccc2cc(O)cc(-c3ncc4c(N5CCC(CC(=O)n6ccc(C)n6)C5)nc(OC[C@@]56CCCN5C[C@H](F)C6)nc4c3F)c12. The lowest BCUT2D eigenvalue weighted by Crippen LogP contribution is -2.43. The Morgan fingerprint density at radius 3 is 2.80 bits per heavy atom. The molecule has 0 saturated carbocycles. The number of aromatic nitrogens is 5. The fourth-order valence-electron chi connectivity index (χ4n) is 8.28. The number of alkyl halides is 1. The Morgan fingerprint density at radius 1 is 1.14 bits per heavy atom. The van der Waals surface area contributed by atoms with E-state index in [4.69, 9.17) is 9.72 Å². The van der Waals surface area contributed by atoms with Gasteiger partial charge in [-0.05, 0) is 85.7 Å². The summed E-state index contributed by atoms with van der Waals surface area (Å²) >= 11 is 0. The summed E-state index contributed by atoms with van der Waals surface area (Å²) in [5.74, 6) is -0.987. The van der Waals surface area contributed by atoms with Gasteiger partial charge in [0, 0.05) is 50.4 Å². The maximum Gasteiger partial charge on any atom is 0.319 e. The summed E-state index contributed by atoms with van der Waals surface area (Å²) in [5.41, 5.74) is 0.790. The largest absolute Gasteiger partial charge is 0.508 e. The number of hydrogen-bond donors (Lipinski definition) is 1. The normalized spacial score (nSPS) is 22.2. The van der Waals surface area contributed by atoms with Crippen LogP contribution in [0, 0.1) is 24.5 Å². The molecule has 1 N–H and O–H groups in total. The lowest BCUT2D eigenvalue weighted by atomic mass is 9.94. The van der Waals surface area contributed by atoms with Crippen molar-refractivity contribution in [1.29, 1.82) is 0 Å². The topological polar surface area (TPSA) is 110 Å². The maximum atomic E-state index is 16.9. The van der Waals surface area contributed by atoms with E-state index in [0.29, 0.717) is 66.4 Å². The first kappa shape index (κ1) is 32.4. The van der Waals surface area contributed by atoms with Gasteiger partial charge >= 0.3 is 6.01 Å². The van der Waals surface area contributed by atoms with Gasteiger partial charge < -0.3 is 14.7 Å². The van der Waals surface area contributed by atoms with Crippen molar-refractivity contribution in [1.82, 2.24) is 29.6 Å². The highest BCUT2D eigenvalue weighted by Gasteiger charge is 2.49. The molecule has 0 bridgehead atoms. The van der Waals surface area contributed by atoms with E-state index in [1.165, 1.54) is 29.1 Å². The number of aryl methyl sites for hydroxylation is 2. The molecule has 2 aromatic carbocycles. The Morgan fingerprint density at radius 2 is 2.00 bits per heavy atom. The molecule has 50 heavy (non-hydrogen) atoms. The average molecular weight is 686 g/mol. The summed E-state index contributed by atoms with van der Waals surface area (Å²) in [6, 6.07) is 7.54. The molecule has 5 aromatic rings. The first-order valence-electron chi connectivity index (χ1n) is 17.3. The van der Waals surface area contributed by atoms with Crippen molar-refractivity contribution in [3.63, 3.8) is 0 Å². The molecule has 0 amide bonds. The molecule has 6 heterocycles.